The molecule has 0 radical (unpaired) electrons. The Kier molecular flexibility index (Phi) is 3.09. The van der Waals surface area contributed by atoms with Gasteiger partial charge in [-0.1, -0.05) is 25.5 Å². The van der Waals surface area contributed by atoms with Crippen LogP contribution in [0, 0.1) is 6.92 Å². The zero-order chi connectivity index (χ0) is 11.5. The lowest BCUT2D eigenvalue weighted by atomic mass is 10.1. The largest absolute Gasteiger partial charge is 0.427 e. The first kappa shape index (κ1) is 10.9. The number of fused-ring (bicyclic) bond motifs is 1. The van der Waals surface area contributed by atoms with Crippen molar-refractivity contribution in [1.82, 2.24) is 0 Å². The van der Waals surface area contributed by atoms with Crippen LogP contribution in [0.1, 0.15) is 31.1 Å². The molecule has 0 spiro atoms. The molecule has 0 fully saturated rings. The van der Waals surface area contributed by atoms with Gasteiger partial charge in [-0.05, 0) is 36.4 Å². The van der Waals surface area contributed by atoms with Crippen molar-refractivity contribution in [3.05, 3.63) is 46.0 Å². The molecule has 0 saturated heterocycles. The number of hydrogen-bond acceptors (Lipinski definition) is 2. The Morgan fingerprint density at radius 3 is 2.81 bits per heavy atom. The average molecular weight is 216 g/mol. The molecule has 2 rings (SSSR count). The van der Waals surface area contributed by atoms with Crippen molar-refractivity contribution < 1.29 is 4.42 Å². The van der Waals surface area contributed by atoms with E-state index in [2.05, 4.69) is 6.92 Å². The molecule has 0 unspecified atom stereocenters. The molecule has 0 N–H and O–H groups in total. The maximum atomic E-state index is 11.7. The van der Waals surface area contributed by atoms with Gasteiger partial charge in [0.2, 0.25) is 0 Å². The summed E-state index contributed by atoms with van der Waals surface area (Å²) in [6.07, 6.45) is 3.01. The Morgan fingerprint density at radius 2 is 2.06 bits per heavy atom. The SMILES string of the molecule is CCCCc1cc2c(C)cccc2c(=O)o1. The van der Waals surface area contributed by atoms with Crippen LogP contribution < -0.4 is 5.63 Å². The van der Waals surface area contributed by atoms with E-state index in [0.29, 0.717) is 5.39 Å². The molecular formula is C14H16O2. The summed E-state index contributed by atoms with van der Waals surface area (Å²) in [5.74, 6) is 0.800. The molecule has 0 amide bonds. The number of aryl methyl sites for hydroxylation is 2. The minimum atomic E-state index is -0.215. The topological polar surface area (TPSA) is 30.2 Å². The van der Waals surface area contributed by atoms with Crippen molar-refractivity contribution in [3.63, 3.8) is 0 Å². The van der Waals surface area contributed by atoms with E-state index in [-0.39, 0.29) is 5.63 Å². The Bertz CT molecular complexity index is 552. The molecule has 1 aromatic heterocycles. The maximum Gasteiger partial charge on any atom is 0.343 e. The maximum absolute atomic E-state index is 11.7. The lowest BCUT2D eigenvalue weighted by Crippen LogP contribution is -2.02. The number of unbranched alkanes of at least 4 members (excludes halogenated alkanes) is 1. The van der Waals surface area contributed by atoms with E-state index >= 15 is 0 Å². The van der Waals surface area contributed by atoms with Crippen LogP contribution in [0.2, 0.25) is 0 Å². The molecule has 0 saturated carbocycles. The Labute approximate surface area is 94.9 Å². The van der Waals surface area contributed by atoms with Gasteiger partial charge in [-0.3, -0.25) is 0 Å². The second-order valence-electron chi connectivity index (χ2n) is 4.14. The predicted molar refractivity (Wildman–Crippen MR) is 65.8 cm³/mol. The third-order valence-corrected chi connectivity index (χ3v) is 2.85. The third-order valence-electron chi connectivity index (χ3n) is 2.85. The van der Waals surface area contributed by atoms with Crippen LogP contribution in [-0.4, -0.2) is 0 Å². The van der Waals surface area contributed by atoms with Crippen molar-refractivity contribution >= 4 is 10.8 Å². The molecule has 1 aromatic carbocycles. The Hall–Kier alpha value is -1.57. The quantitative estimate of drug-likeness (QED) is 0.786. The van der Waals surface area contributed by atoms with Gasteiger partial charge in [0.1, 0.15) is 5.76 Å². The van der Waals surface area contributed by atoms with Gasteiger partial charge in [0.25, 0.3) is 0 Å². The molecule has 0 aliphatic heterocycles. The van der Waals surface area contributed by atoms with E-state index in [1.807, 2.05) is 31.2 Å². The summed E-state index contributed by atoms with van der Waals surface area (Å²) < 4.78 is 5.29. The molecule has 0 atom stereocenters. The molecule has 1 heterocycles. The lowest BCUT2D eigenvalue weighted by Gasteiger charge is -2.03. The van der Waals surface area contributed by atoms with E-state index in [4.69, 9.17) is 4.42 Å². The second-order valence-corrected chi connectivity index (χ2v) is 4.14. The summed E-state index contributed by atoms with van der Waals surface area (Å²) in [6, 6.07) is 7.73. The Morgan fingerprint density at radius 1 is 1.25 bits per heavy atom. The highest BCUT2D eigenvalue weighted by molar-refractivity contribution is 5.84. The van der Waals surface area contributed by atoms with Crippen molar-refractivity contribution in [2.75, 3.05) is 0 Å². The molecule has 84 valence electrons. The number of hydrogen-bond donors (Lipinski definition) is 0. The van der Waals surface area contributed by atoms with Crippen molar-refractivity contribution in [3.8, 4) is 0 Å². The lowest BCUT2D eigenvalue weighted by molar-refractivity contribution is 0.460. The van der Waals surface area contributed by atoms with Crippen molar-refractivity contribution in [2.24, 2.45) is 0 Å². The predicted octanol–water partition coefficient (Wildman–Crippen LogP) is 3.44. The first-order chi connectivity index (χ1) is 7.72. The summed E-state index contributed by atoms with van der Waals surface area (Å²) in [5.41, 5.74) is 0.912. The van der Waals surface area contributed by atoms with Crippen molar-refractivity contribution in [2.45, 2.75) is 33.1 Å². The monoisotopic (exact) mass is 216 g/mol. The van der Waals surface area contributed by atoms with Gasteiger partial charge in [-0.15, -0.1) is 0 Å². The fourth-order valence-corrected chi connectivity index (χ4v) is 1.89. The van der Waals surface area contributed by atoms with Crippen LogP contribution in [-0.2, 0) is 6.42 Å². The number of benzene rings is 1. The minimum Gasteiger partial charge on any atom is -0.427 e. The van der Waals surface area contributed by atoms with Gasteiger partial charge in [0, 0.05) is 6.42 Å². The van der Waals surface area contributed by atoms with Crippen LogP contribution in [0.25, 0.3) is 10.8 Å². The highest BCUT2D eigenvalue weighted by atomic mass is 16.4. The van der Waals surface area contributed by atoms with Crippen LogP contribution in [0.5, 0.6) is 0 Å². The zero-order valence-electron chi connectivity index (χ0n) is 9.75. The third kappa shape index (κ3) is 2.01. The van der Waals surface area contributed by atoms with Gasteiger partial charge < -0.3 is 4.42 Å². The summed E-state index contributed by atoms with van der Waals surface area (Å²) in [6.45, 7) is 4.15. The van der Waals surface area contributed by atoms with Gasteiger partial charge in [-0.25, -0.2) is 4.79 Å². The van der Waals surface area contributed by atoms with E-state index in [9.17, 15) is 4.79 Å². The van der Waals surface area contributed by atoms with Gasteiger partial charge in [-0.2, -0.15) is 0 Å². The second kappa shape index (κ2) is 4.52. The molecule has 2 aromatic rings. The summed E-state index contributed by atoms with van der Waals surface area (Å²) >= 11 is 0. The van der Waals surface area contributed by atoms with Gasteiger partial charge >= 0.3 is 5.63 Å². The van der Waals surface area contributed by atoms with Gasteiger partial charge in [0.05, 0.1) is 5.39 Å². The average Bonchev–Trinajstić information content (AvgIpc) is 2.28. The molecular weight excluding hydrogens is 200 g/mol. The molecule has 2 nitrogen and oxygen atoms in total. The van der Waals surface area contributed by atoms with Crippen LogP contribution in [0.4, 0.5) is 0 Å². The zero-order valence-corrected chi connectivity index (χ0v) is 9.75. The molecule has 0 bridgehead atoms. The highest BCUT2D eigenvalue weighted by Crippen LogP contribution is 2.17. The smallest absolute Gasteiger partial charge is 0.343 e. The van der Waals surface area contributed by atoms with E-state index in [1.165, 1.54) is 0 Å². The van der Waals surface area contributed by atoms with Crippen molar-refractivity contribution in [1.29, 1.82) is 0 Å². The summed E-state index contributed by atoms with van der Waals surface area (Å²) in [4.78, 5) is 11.7. The molecule has 0 aliphatic carbocycles. The highest BCUT2D eigenvalue weighted by Gasteiger charge is 2.05. The standard InChI is InChI=1S/C14H16O2/c1-3-4-7-11-9-13-10(2)6-5-8-12(13)14(15)16-11/h5-6,8-9H,3-4,7H2,1-2H3. The first-order valence-corrected chi connectivity index (χ1v) is 5.74. The fraction of sp³-hybridized carbons (Fsp3) is 0.357. The summed E-state index contributed by atoms with van der Waals surface area (Å²) in [5, 5.41) is 1.70. The molecule has 0 aliphatic rings. The van der Waals surface area contributed by atoms with Crippen LogP contribution in [0.3, 0.4) is 0 Å². The first-order valence-electron chi connectivity index (χ1n) is 5.74. The van der Waals surface area contributed by atoms with E-state index < -0.39 is 0 Å². The van der Waals surface area contributed by atoms with Crippen LogP contribution >= 0.6 is 0 Å². The Balaban J connectivity index is 2.57. The summed E-state index contributed by atoms with van der Waals surface area (Å²) in [7, 11) is 0. The minimum absolute atomic E-state index is 0.215. The van der Waals surface area contributed by atoms with E-state index in [1.54, 1.807) is 0 Å². The molecule has 16 heavy (non-hydrogen) atoms. The number of rotatable bonds is 3. The van der Waals surface area contributed by atoms with E-state index in [0.717, 1.165) is 36.0 Å². The fourth-order valence-electron chi connectivity index (χ4n) is 1.89. The molecule has 2 heteroatoms. The normalized spacial score (nSPS) is 10.9. The van der Waals surface area contributed by atoms with Crippen LogP contribution in [0.15, 0.2) is 33.5 Å². The van der Waals surface area contributed by atoms with Gasteiger partial charge in [0.15, 0.2) is 0 Å².